The molecule has 0 aliphatic carbocycles. The van der Waals surface area contributed by atoms with Crippen LogP contribution in [-0.4, -0.2) is 55.5 Å². The van der Waals surface area contributed by atoms with Gasteiger partial charge in [-0.05, 0) is 43.9 Å². The van der Waals surface area contributed by atoms with Gasteiger partial charge >= 0.3 is 5.97 Å². The minimum absolute atomic E-state index is 0.177. The van der Waals surface area contributed by atoms with Crippen LogP contribution in [0.3, 0.4) is 0 Å². The van der Waals surface area contributed by atoms with Crippen LogP contribution >= 0.6 is 0 Å². The van der Waals surface area contributed by atoms with E-state index in [9.17, 15) is 14.4 Å². The Morgan fingerprint density at radius 3 is 2.81 bits per heavy atom. The van der Waals surface area contributed by atoms with Gasteiger partial charge in [0.15, 0.2) is 6.61 Å². The lowest BCUT2D eigenvalue weighted by atomic mass is 10.00. The zero-order valence-electron chi connectivity index (χ0n) is 15.3. The largest absolute Gasteiger partial charge is 0.497 e. The smallest absolute Gasteiger partial charge is 0.325 e. The summed E-state index contributed by atoms with van der Waals surface area (Å²) in [6.07, 6.45) is 3.99. The SMILES string of the molecule is CCC1CCCCN1C(=O)COC(=O)CNC(=O)c1cccc(OC)c1. The predicted octanol–water partition coefficient (Wildman–Crippen LogP) is 1.76. The molecule has 1 unspecified atom stereocenters. The molecule has 0 spiro atoms. The molecular formula is C19H26N2O5. The van der Waals surface area contributed by atoms with Crippen molar-refractivity contribution in [3.05, 3.63) is 29.8 Å². The van der Waals surface area contributed by atoms with E-state index in [4.69, 9.17) is 9.47 Å². The third-order valence-electron chi connectivity index (χ3n) is 4.50. The van der Waals surface area contributed by atoms with Crippen LogP contribution in [-0.2, 0) is 14.3 Å². The Morgan fingerprint density at radius 1 is 1.27 bits per heavy atom. The van der Waals surface area contributed by atoms with E-state index in [-0.39, 0.29) is 25.1 Å². The highest BCUT2D eigenvalue weighted by Gasteiger charge is 2.25. The van der Waals surface area contributed by atoms with Crippen molar-refractivity contribution in [1.29, 1.82) is 0 Å². The molecule has 2 amide bonds. The normalized spacial score (nSPS) is 16.7. The summed E-state index contributed by atoms with van der Waals surface area (Å²) in [5, 5.41) is 2.48. The monoisotopic (exact) mass is 362 g/mol. The molecule has 0 radical (unpaired) electrons. The van der Waals surface area contributed by atoms with Gasteiger partial charge in [0.05, 0.1) is 7.11 Å². The average Bonchev–Trinajstić information content (AvgIpc) is 2.70. The van der Waals surface area contributed by atoms with Gasteiger partial charge in [-0.25, -0.2) is 0 Å². The number of amides is 2. The predicted molar refractivity (Wildman–Crippen MR) is 95.9 cm³/mol. The molecular weight excluding hydrogens is 336 g/mol. The first-order chi connectivity index (χ1) is 12.5. The highest BCUT2D eigenvalue weighted by atomic mass is 16.5. The molecule has 142 valence electrons. The van der Waals surface area contributed by atoms with Gasteiger partial charge in [-0.3, -0.25) is 14.4 Å². The van der Waals surface area contributed by atoms with Gasteiger partial charge in [-0.15, -0.1) is 0 Å². The van der Waals surface area contributed by atoms with Crippen LogP contribution in [0.4, 0.5) is 0 Å². The summed E-state index contributed by atoms with van der Waals surface area (Å²) in [5.74, 6) is -0.671. The van der Waals surface area contributed by atoms with Crippen molar-refractivity contribution in [2.45, 2.75) is 38.6 Å². The Labute approximate surface area is 153 Å². The Kier molecular flexibility index (Phi) is 7.44. The first-order valence-electron chi connectivity index (χ1n) is 8.92. The maximum Gasteiger partial charge on any atom is 0.325 e. The van der Waals surface area contributed by atoms with E-state index < -0.39 is 11.9 Å². The highest BCUT2D eigenvalue weighted by molar-refractivity contribution is 5.96. The van der Waals surface area contributed by atoms with Crippen LogP contribution < -0.4 is 10.1 Å². The van der Waals surface area contributed by atoms with E-state index in [1.807, 2.05) is 0 Å². The minimum atomic E-state index is -0.639. The van der Waals surface area contributed by atoms with Crippen molar-refractivity contribution in [3.8, 4) is 5.75 Å². The lowest BCUT2D eigenvalue weighted by Crippen LogP contribution is -2.45. The molecule has 2 rings (SSSR count). The number of ether oxygens (including phenoxy) is 2. The third-order valence-corrected chi connectivity index (χ3v) is 4.50. The fraction of sp³-hybridized carbons (Fsp3) is 0.526. The third kappa shape index (κ3) is 5.47. The average molecular weight is 362 g/mol. The van der Waals surface area contributed by atoms with Gasteiger partial charge in [0.25, 0.3) is 11.8 Å². The van der Waals surface area contributed by atoms with Crippen LogP contribution in [0.15, 0.2) is 24.3 Å². The summed E-state index contributed by atoms with van der Waals surface area (Å²) in [7, 11) is 1.51. The van der Waals surface area contributed by atoms with Crippen molar-refractivity contribution in [1.82, 2.24) is 10.2 Å². The Hall–Kier alpha value is -2.57. The van der Waals surface area contributed by atoms with Gasteiger partial charge < -0.3 is 19.7 Å². The number of carbonyl (C=O) groups excluding carboxylic acids is 3. The van der Waals surface area contributed by atoms with Crippen molar-refractivity contribution in [3.63, 3.8) is 0 Å². The van der Waals surface area contributed by atoms with E-state index >= 15 is 0 Å². The van der Waals surface area contributed by atoms with E-state index in [0.717, 1.165) is 25.7 Å². The number of methoxy groups -OCH3 is 1. The van der Waals surface area contributed by atoms with Crippen molar-refractivity contribution < 1.29 is 23.9 Å². The van der Waals surface area contributed by atoms with Crippen molar-refractivity contribution in [2.75, 3.05) is 26.8 Å². The van der Waals surface area contributed by atoms with E-state index in [2.05, 4.69) is 12.2 Å². The fourth-order valence-electron chi connectivity index (χ4n) is 3.05. The molecule has 0 bridgehead atoms. The number of benzene rings is 1. The summed E-state index contributed by atoms with van der Waals surface area (Å²) in [6.45, 7) is 2.18. The second-order valence-electron chi connectivity index (χ2n) is 6.22. The zero-order chi connectivity index (χ0) is 18.9. The number of rotatable bonds is 7. The molecule has 1 aromatic carbocycles. The second kappa shape index (κ2) is 9.79. The number of carbonyl (C=O) groups is 3. The molecule has 1 heterocycles. The highest BCUT2D eigenvalue weighted by Crippen LogP contribution is 2.19. The van der Waals surface area contributed by atoms with Gasteiger partial charge in [-0.2, -0.15) is 0 Å². The lowest BCUT2D eigenvalue weighted by molar-refractivity contribution is -0.152. The van der Waals surface area contributed by atoms with Crippen LogP contribution in [0.1, 0.15) is 43.0 Å². The number of piperidine rings is 1. The first kappa shape index (κ1) is 19.8. The second-order valence-corrected chi connectivity index (χ2v) is 6.22. The molecule has 1 fully saturated rings. The molecule has 7 heteroatoms. The maximum absolute atomic E-state index is 12.2. The zero-order valence-corrected chi connectivity index (χ0v) is 15.3. The lowest BCUT2D eigenvalue weighted by Gasteiger charge is -2.35. The maximum atomic E-state index is 12.2. The molecule has 7 nitrogen and oxygen atoms in total. The van der Waals surface area contributed by atoms with Gasteiger partial charge in [0, 0.05) is 18.2 Å². The molecule has 26 heavy (non-hydrogen) atoms. The molecule has 1 aliphatic heterocycles. The molecule has 0 aromatic heterocycles. The van der Waals surface area contributed by atoms with Gasteiger partial charge in [0.1, 0.15) is 12.3 Å². The van der Waals surface area contributed by atoms with Crippen LogP contribution in [0.25, 0.3) is 0 Å². The van der Waals surface area contributed by atoms with Crippen LogP contribution in [0, 0.1) is 0 Å². The standard InChI is InChI=1S/C19H26N2O5/c1-3-15-8-4-5-10-21(15)17(22)13-26-18(23)12-20-19(24)14-7-6-9-16(11-14)25-2/h6-7,9,11,15H,3-5,8,10,12-13H2,1-2H3,(H,20,24). The van der Waals surface area contributed by atoms with Crippen LogP contribution in [0.5, 0.6) is 5.75 Å². The summed E-state index contributed by atoms with van der Waals surface area (Å²) in [5.41, 5.74) is 0.382. The van der Waals surface area contributed by atoms with Gasteiger partial charge in [0.2, 0.25) is 0 Å². The molecule has 1 aromatic rings. The quantitative estimate of drug-likeness (QED) is 0.747. The number of esters is 1. The van der Waals surface area contributed by atoms with Gasteiger partial charge in [-0.1, -0.05) is 13.0 Å². The molecule has 0 saturated carbocycles. The minimum Gasteiger partial charge on any atom is -0.497 e. The topological polar surface area (TPSA) is 84.9 Å². The summed E-state index contributed by atoms with van der Waals surface area (Å²) in [6, 6.07) is 6.83. The van der Waals surface area contributed by atoms with Crippen molar-refractivity contribution >= 4 is 17.8 Å². The number of hydrogen-bond acceptors (Lipinski definition) is 5. The Bertz CT molecular complexity index is 647. The Morgan fingerprint density at radius 2 is 2.08 bits per heavy atom. The number of likely N-dealkylation sites (tertiary alicyclic amines) is 1. The molecule has 1 N–H and O–H groups in total. The number of nitrogens with zero attached hydrogens (tertiary/aromatic N) is 1. The molecule has 1 saturated heterocycles. The summed E-state index contributed by atoms with van der Waals surface area (Å²) in [4.78, 5) is 37.9. The number of hydrogen-bond donors (Lipinski definition) is 1. The van der Waals surface area contributed by atoms with Crippen LogP contribution in [0.2, 0.25) is 0 Å². The fourth-order valence-corrected chi connectivity index (χ4v) is 3.05. The van der Waals surface area contributed by atoms with Crippen molar-refractivity contribution in [2.24, 2.45) is 0 Å². The number of nitrogens with one attached hydrogen (secondary N) is 1. The molecule has 1 aliphatic rings. The van der Waals surface area contributed by atoms with E-state index in [0.29, 0.717) is 17.9 Å². The molecule has 1 atom stereocenters. The Balaban J connectivity index is 1.76. The first-order valence-corrected chi connectivity index (χ1v) is 8.92. The summed E-state index contributed by atoms with van der Waals surface area (Å²) < 4.78 is 10.1. The van der Waals surface area contributed by atoms with E-state index in [1.165, 1.54) is 7.11 Å². The summed E-state index contributed by atoms with van der Waals surface area (Å²) >= 11 is 0. The van der Waals surface area contributed by atoms with E-state index in [1.54, 1.807) is 29.2 Å².